The standard InChI is InChI=1S/C11H16N6O/c1-11(3-2-4-18-11)6-13-8-7-5-14-17-9(7)16-10(12)15-8/h5H,2-4,6H2,1H3,(H4,12,13,14,15,16,17). The fraction of sp³-hybridized carbons (Fsp3) is 0.545. The van der Waals surface area contributed by atoms with Gasteiger partial charge in [0.15, 0.2) is 5.65 Å². The van der Waals surface area contributed by atoms with Crippen LogP contribution in [0.2, 0.25) is 0 Å². The molecule has 0 spiro atoms. The molecule has 1 aliphatic rings. The van der Waals surface area contributed by atoms with Crippen molar-refractivity contribution in [2.75, 3.05) is 24.2 Å². The lowest BCUT2D eigenvalue weighted by molar-refractivity contribution is 0.0315. The van der Waals surface area contributed by atoms with Gasteiger partial charge in [0.05, 0.1) is 17.2 Å². The third-order valence-electron chi connectivity index (χ3n) is 3.26. The zero-order chi connectivity index (χ0) is 12.6. The van der Waals surface area contributed by atoms with Crippen LogP contribution in [0.4, 0.5) is 11.8 Å². The molecule has 1 aliphatic heterocycles. The molecule has 96 valence electrons. The van der Waals surface area contributed by atoms with Crippen LogP contribution in [0.25, 0.3) is 11.0 Å². The zero-order valence-electron chi connectivity index (χ0n) is 10.2. The molecule has 7 nitrogen and oxygen atoms in total. The Labute approximate surface area is 104 Å². The molecule has 7 heteroatoms. The van der Waals surface area contributed by atoms with Crippen LogP contribution in [0.3, 0.4) is 0 Å². The van der Waals surface area contributed by atoms with Crippen LogP contribution in [0.5, 0.6) is 0 Å². The number of ether oxygens (including phenoxy) is 1. The smallest absolute Gasteiger partial charge is 0.224 e. The summed E-state index contributed by atoms with van der Waals surface area (Å²) in [6, 6.07) is 0. The van der Waals surface area contributed by atoms with Gasteiger partial charge >= 0.3 is 0 Å². The predicted octanol–water partition coefficient (Wildman–Crippen LogP) is 0.916. The van der Waals surface area contributed by atoms with Crippen LogP contribution < -0.4 is 11.1 Å². The van der Waals surface area contributed by atoms with Crippen molar-refractivity contribution in [1.82, 2.24) is 20.2 Å². The molecule has 0 radical (unpaired) electrons. The number of nitrogens with one attached hydrogen (secondary N) is 2. The van der Waals surface area contributed by atoms with E-state index in [1.165, 1.54) is 0 Å². The Hall–Kier alpha value is -1.89. The topological polar surface area (TPSA) is 102 Å². The first-order valence-corrected chi connectivity index (χ1v) is 6.01. The van der Waals surface area contributed by atoms with Crippen molar-refractivity contribution in [3.05, 3.63) is 6.20 Å². The summed E-state index contributed by atoms with van der Waals surface area (Å²) in [6.45, 7) is 3.62. The number of hydrogen-bond acceptors (Lipinski definition) is 6. The number of aromatic nitrogens is 4. The molecular formula is C11H16N6O. The fourth-order valence-electron chi connectivity index (χ4n) is 2.23. The van der Waals surface area contributed by atoms with Crippen LogP contribution in [0.15, 0.2) is 6.20 Å². The van der Waals surface area contributed by atoms with E-state index in [4.69, 9.17) is 10.5 Å². The van der Waals surface area contributed by atoms with Gasteiger partial charge in [0.25, 0.3) is 0 Å². The van der Waals surface area contributed by atoms with E-state index in [1.807, 2.05) is 0 Å². The first-order chi connectivity index (χ1) is 8.66. The quantitative estimate of drug-likeness (QED) is 0.746. The molecule has 18 heavy (non-hydrogen) atoms. The number of rotatable bonds is 3. The molecule has 1 atom stereocenters. The minimum Gasteiger partial charge on any atom is -0.373 e. The van der Waals surface area contributed by atoms with Gasteiger partial charge in [-0.15, -0.1) is 0 Å². The lowest BCUT2D eigenvalue weighted by Gasteiger charge is -2.23. The van der Waals surface area contributed by atoms with E-state index in [2.05, 4.69) is 32.4 Å². The van der Waals surface area contributed by atoms with Gasteiger partial charge < -0.3 is 15.8 Å². The van der Waals surface area contributed by atoms with Gasteiger partial charge in [0.2, 0.25) is 5.95 Å². The molecule has 0 aliphatic carbocycles. The molecule has 1 unspecified atom stereocenters. The number of nitrogen functional groups attached to an aromatic ring is 1. The van der Waals surface area contributed by atoms with Gasteiger partial charge in [-0.1, -0.05) is 0 Å². The van der Waals surface area contributed by atoms with Crippen LogP contribution >= 0.6 is 0 Å². The van der Waals surface area contributed by atoms with Crippen molar-refractivity contribution < 1.29 is 4.74 Å². The lowest BCUT2D eigenvalue weighted by Crippen LogP contribution is -2.32. The molecule has 2 aromatic heterocycles. The molecule has 3 rings (SSSR count). The zero-order valence-corrected chi connectivity index (χ0v) is 10.2. The summed E-state index contributed by atoms with van der Waals surface area (Å²) < 4.78 is 5.73. The summed E-state index contributed by atoms with van der Waals surface area (Å²) in [6.07, 6.45) is 3.84. The van der Waals surface area contributed by atoms with Gasteiger partial charge in [-0.05, 0) is 19.8 Å². The number of aromatic amines is 1. The van der Waals surface area contributed by atoms with Gasteiger partial charge in [-0.2, -0.15) is 15.1 Å². The molecule has 0 amide bonds. The number of nitrogens with zero attached hydrogens (tertiary/aromatic N) is 3. The van der Waals surface area contributed by atoms with E-state index in [1.54, 1.807) is 6.20 Å². The van der Waals surface area contributed by atoms with Gasteiger partial charge in [-0.3, -0.25) is 5.10 Å². The summed E-state index contributed by atoms with van der Waals surface area (Å²) in [5.74, 6) is 0.926. The maximum Gasteiger partial charge on any atom is 0.224 e. The third-order valence-corrected chi connectivity index (χ3v) is 3.26. The maximum atomic E-state index is 5.73. The second-order valence-corrected chi connectivity index (χ2v) is 4.82. The normalized spacial score (nSPS) is 23.6. The highest BCUT2D eigenvalue weighted by Gasteiger charge is 2.29. The molecule has 0 aromatic carbocycles. The molecule has 0 bridgehead atoms. The average molecular weight is 248 g/mol. The van der Waals surface area contributed by atoms with E-state index in [0.29, 0.717) is 18.0 Å². The fourth-order valence-corrected chi connectivity index (χ4v) is 2.23. The minimum atomic E-state index is -0.129. The van der Waals surface area contributed by atoms with Crippen molar-refractivity contribution in [3.8, 4) is 0 Å². The number of H-pyrrole nitrogens is 1. The summed E-state index contributed by atoms with van der Waals surface area (Å²) in [5, 5.41) is 10.9. The van der Waals surface area contributed by atoms with Crippen LogP contribution in [-0.4, -0.2) is 38.9 Å². The minimum absolute atomic E-state index is 0.129. The number of fused-ring (bicyclic) bond motifs is 1. The lowest BCUT2D eigenvalue weighted by atomic mass is 10.0. The van der Waals surface area contributed by atoms with Crippen molar-refractivity contribution >= 4 is 22.8 Å². The first-order valence-electron chi connectivity index (χ1n) is 6.01. The summed E-state index contributed by atoms with van der Waals surface area (Å²) >= 11 is 0. The SMILES string of the molecule is CC1(CNc2nc(N)nc3[nH]ncc23)CCCO1. The third kappa shape index (κ3) is 1.97. The Balaban J connectivity index is 1.83. The Bertz CT molecular complexity index is 560. The average Bonchev–Trinajstić information content (AvgIpc) is 2.95. The van der Waals surface area contributed by atoms with Gasteiger partial charge in [0, 0.05) is 13.2 Å². The molecule has 1 saturated heterocycles. The van der Waals surface area contributed by atoms with E-state index in [9.17, 15) is 0 Å². The van der Waals surface area contributed by atoms with Crippen molar-refractivity contribution in [2.45, 2.75) is 25.4 Å². The molecule has 0 saturated carbocycles. The van der Waals surface area contributed by atoms with Gasteiger partial charge in [-0.25, -0.2) is 0 Å². The van der Waals surface area contributed by atoms with Crippen LogP contribution in [-0.2, 0) is 4.74 Å². The largest absolute Gasteiger partial charge is 0.373 e. The Morgan fingerprint density at radius 2 is 2.44 bits per heavy atom. The van der Waals surface area contributed by atoms with E-state index in [-0.39, 0.29) is 11.5 Å². The Morgan fingerprint density at radius 3 is 3.22 bits per heavy atom. The molecule has 2 aromatic rings. The summed E-state index contributed by atoms with van der Waals surface area (Å²) in [7, 11) is 0. The predicted molar refractivity (Wildman–Crippen MR) is 68.2 cm³/mol. The summed E-state index contributed by atoms with van der Waals surface area (Å²) in [5.41, 5.74) is 6.17. The van der Waals surface area contributed by atoms with E-state index < -0.39 is 0 Å². The van der Waals surface area contributed by atoms with Gasteiger partial charge in [0.1, 0.15) is 5.82 Å². The highest BCUT2D eigenvalue weighted by molar-refractivity contribution is 5.86. The number of hydrogen-bond donors (Lipinski definition) is 3. The molecule has 4 N–H and O–H groups in total. The van der Waals surface area contributed by atoms with Crippen LogP contribution in [0, 0.1) is 0 Å². The monoisotopic (exact) mass is 248 g/mol. The molecule has 3 heterocycles. The van der Waals surface area contributed by atoms with E-state index in [0.717, 1.165) is 24.8 Å². The van der Waals surface area contributed by atoms with Crippen molar-refractivity contribution in [2.24, 2.45) is 0 Å². The number of nitrogens with two attached hydrogens (primary N) is 1. The highest BCUT2D eigenvalue weighted by atomic mass is 16.5. The summed E-state index contributed by atoms with van der Waals surface area (Å²) in [4.78, 5) is 8.28. The highest BCUT2D eigenvalue weighted by Crippen LogP contribution is 2.26. The number of anilines is 2. The van der Waals surface area contributed by atoms with E-state index >= 15 is 0 Å². The van der Waals surface area contributed by atoms with Crippen molar-refractivity contribution in [1.29, 1.82) is 0 Å². The molecule has 1 fully saturated rings. The second kappa shape index (κ2) is 4.09. The Morgan fingerprint density at radius 1 is 1.56 bits per heavy atom. The first kappa shape index (κ1) is 11.2. The molecular weight excluding hydrogens is 232 g/mol. The van der Waals surface area contributed by atoms with Crippen molar-refractivity contribution in [3.63, 3.8) is 0 Å². The second-order valence-electron chi connectivity index (χ2n) is 4.82. The van der Waals surface area contributed by atoms with Crippen LogP contribution in [0.1, 0.15) is 19.8 Å². The maximum absolute atomic E-state index is 5.73. The Kier molecular flexibility index (Phi) is 2.55.